The van der Waals surface area contributed by atoms with Gasteiger partial charge in [0.2, 0.25) is 0 Å². The Morgan fingerprint density at radius 3 is 2.54 bits per heavy atom. The second-order valence-electron chi connectivity index (χ2n) is 8.26. The van der Waals surface area contributed by atoms with Crippen molar-refractivity contribution in [3.63, 3.8) is 0 Å². The van der Waals surface area contributed by atoms with Gasteiger partial charge in [-0.2, -0.15) is 0 Å². The fourth-order valence-corrected chi connectivity index (χ4v) is 6.20. The summed E-state index contributed by atoms with van der Waals surface area (Å²) < 4.78 is 52.7. The highest BCUT2D eigenvalue weighted by Crippen LogP contribution is 2.41. The molecule has 10 nitrogen and oxygen atoms in total. The van der Waals surface area contributed by atoms with E-state index in [0.29, 0.717) is 22.5 Å². The van der Waals surface area contributed by atoms with Crippen molar-refractivity contribution in [3.8, 4) is 11.5 Å². The Hall–Kier alpha value is -3.84. The molecule has 3 aromatic rings. The number of fused-ring (bicyclic) bond motifs is 1. The van der Waals surface area contributed by atoms with Gasteiger partial charge in [-0.25, -0.2) is 22.3 Å². The summed E-state index contributed by atoms with van der Waals surface area (Å²) in [6, 6.07) is 6.25. The van der Waals surface area contributed by atoms with Crippen molar-refractivity contribution in [3.05, 3.63) is 57.7 Å². The summed E-state index contributed by atoms with van der Waals surface area (Å²) in [7, 11) is -1.09. The van der Waals surface area contributed by atoms with Gasteiger partial charge in [-0.1, -0.05) is 0 Å². The van der Waals surface area contributed by atoms with Crippen LogP contribution < -0.4 is 29.7 Å². The molecule has 2 aromatic carbocycles. The Labute approximate surface area is 217 Å². The van der Waals surface area contributed by atoms with Gasteiger partial charge in [-0.05, 0) is 50.6 Å². The van der Waals surface area contributed by atoms with Gasteiger partial charge in [0.05, 0.1) is 29.7 Å². The molecule has 37 heavy (non-hydrogen) atoms. The Morgan fingerprint density at radius 2 is 1.92 bits per heavy atom. The van der Waals surface area contributed by atoms with Crippen molar-refractivity contribution in [1.29, 1.82) is 0 Å². The van der Waals surface area contributed by atoms with E-state index < -0.39 is 27.8 Å². The molecular formula is C24H25FN4O6S2. The van der Waals surface area contributed by atoms with Gasteiger partial charge in [0.1, 0.15) is 21.5 Å². The zero-order chi connectivity index (χ0) is 27.1. The number of sulfonamides is 1. The highest BCUT2D eigenvalue weighted by atomic mass is 32.2. The lowest BCUT2D eigenvalue weighted by Gasteiger charge is -2.31. The topological polar surface area (TPSA) is 126 Å². The maximum Gasteiger partial charge on any atom is 0.333 e. The van der Waals surface area contributed by atoms with E-state index in [1.165, 1.54) is 24.1 Å². The van der Waals surface area contributed by atoms with E-state index in [-0.39, 0.29) is 33.7 Å². The average molecular weight is 549 g/mol. The van der Waals surface area contributed by atoms with Gasteiger partial charge < -0.3 is 20.1 Å². The van der Waals surface area contributed by atoms with Crippen molar-refractivity contribution in [2.75, 3.05) is 36.4 Å². The van der Waals surface area contributed by atoms with Crippen molar-refractivity contribution < 1.29 is 31.9 Å². The van der Waals surface area contributed by atoms with Crippen LogP contribution in [0.1, 0.15) is 26.4 Å². The first-order valence-electron chi connectivity index (χ1n) is 11.0. The molecule has 0 aliphatic carbocycles. The lowest BCUT2D eigenvalue weighted by atomic mass is 10.0. The second-order valence-corrected chi connectivity index (χ2v) is 11.5. The van der Waals surface area contributed by atoms with E-state index in [2.05, 4.69) is 10.6 Å². The molecule has 0 radical (unpaired) electrons. The van der Waals surface area contributed by atoms with Gasteiger partial charge in [0.25, 0.3) is 15.9 Å². The standard InChI is InChI=1S/C24H25FN4O6S2/c1-12-8-18(29-11-35-19-10-17(26-4)16(25)9-15(19)23(29)30)22(34-5)14(3)21(12)27-24(31)28-37(32,33)20-7-6-13(2)36-20/h6-10,26H,11H2,1-5H3,(H2,27,28,31). The normalized spacial score (nSPS) is 13.0. The smallest absolute Gasteiger partial charge is 0.333 e. The first-order chi connectivity index (χ1) is 17.5. The number of nitrogens with one attached hydrogen (secondary N) is 3. The molecule has 3 N–H and O–H groups in total. The Morgan fingerprint density at radius 1 is 1.19 bits per heavy atom. The number of methoxy groups -OCH3 is 1. The number of amides is 3. The van der Waals surface area contributed by atoms with Crippen LogP contribution in [0, 0.1) is 26.6 Å². The number of anilines is 3. The van der Waals surface area contributed by atoms with Crippen LogP contribution in [0.5, 0.6) is 11.5 Å². The lowest BCUT2D eigenvalue weighted by Crippen LogP contribution is -2.39. The highest BCUT2D eigenvalue weighted by Gasteiger charge is 2.32. The second kappa shape index (κ2) is 9.90. The fraction of sp³-hybridized carbons (Fsp3) is 0.250. The molecule has 0 spiro atoms. The summed E-state index contributed by atoms with van der Waals surface area (Å²) in [4.78, 5) is 28.0. The van der Waals surface area contributed by atoms with Gasteiger partial charge in [-0.3, -0.25) is 9.69 Å². The number of hydrogen-bond donors (Lipinski definition) is 3. The monoisotopic (exact) mass is 548 g/mol. The third kappa shape index (κ3) is 4.91. The number of thiophene rings is 1. The van der Waals surface area contributed by atoms with Gasteiger partial charge >= 0.3 is 6.03 Å². The van der Waals surface area contributed by atoms with Crippen LogP contribution in [-0.2, 0) is 10.0 Å². The number of rotatable bonds is 6. The number of carbonyl (C=O) groups excluding carboxylic acids is 2. The summed E-state index contributed by atoms with van der Waals surface area (Å²) in [5.41, 5.74) is 1.89. The molecular weight excluding hydrogens is 523 g/mol. The van der Waals surface area contributed by atoms with E-state index in [4.69, 9.17) is 9.47 Å². The van der Waals surface area contributed by atoms with E-state index in [1.807, 2.05) is 4.72 Å². The van der Waals surface area contributed by atoms with Crippen molar-refractivity contribution in [1.82, 2.24) is 4.72 Å². The molecule has 1 aliphatic heterocycles. The Bertz CT molecular complexity index is 1520. The largest absolute Gasteiger partial charge is 0.494 e. The molecule has 13 heteroatoms. The molecule has 0 fully saturated rings. The molecule has 1 aliphatic rings. The minimum absolute atomic E-state index is 0.0173. The summed E-state index contributed by atoms with van der Waals surface area (Å²) in [5, 5.41) is 5.27. The number of ether oxygens (including phenoxy) is 2. The fourth-order valence-electron chi connectivity index (χ4n) is 4.01. The number of halogens is 1. The number of nitrogens with zero attached hydrogens (tertiary/aromatic N) is 1. The molecule has 0 unspecified atom stereocenters. The summed E-state index contributed by atoms with van der Waals surface area (Å²) in [5.74, 6) is -0.588. The minimum atomic E-state index is -4.05. The first kappa shape index (κ1) is 26.2. The summed E-state index contributed by atoms with van der Waals surface area (Å²) in [6.07, 6.45) is 0. The molecule has 2 heterocycles. The maximum atomic E-state index is 14.4. The number of benzene rings is 2. The van der Waals surface area contributed by atoms with Crippen LogP contribution >= 0.6 is 11.3 Å². The number of hydrogen-bond acceptors (Lipinski definition) is 8. The summed E-state index contributed by atoms with van der Waals surface area (Å²) >= 11 is 1.04. The molecule has 0 saturated heterocycles. The van der Waals surface area contributed by atoms with Gasteiger partial charge in [0, 0.05) is 23.6 Å². The lowest BCUT2D eigenvalue weighted by molar-refractivity contribution is 0.0935. The molecule has 4 rings (SSSR count). The molecule has 3 amide bonds. The van der Waals surface area contributed by atoms with Crippen LogP contribution in [0.3, 0.4) is 0 Å². The van der Waals surface area contributed by atoms with Crippen LogP contribution in [0.4, 0.5) is 26.2 Å². The van der Waals surface area contributed by atoms with Crippen LogP contribution in [0.15, 0.2) is 34.5 Å². The SMILES string of the molecule is CNc1cc2c(cc1F)C(=O)N(c1cc(C)c(NC(=O)NS(=O)(=O)c3ccc(C)s3)c(C)c1OC)CO2. The van der Waals surface area contributed by atoms with Gasteiger partial charge in [-0.15, -0.1) is 11.3 Å². The average Bonchev–Trinajstić information content (AvgIpc) is 3.29. The highest BCUT2D eigenvalue weighted by molar-refractivity contribution is 7.92. The molecule has 0 saturated carbocycles. The van der Waals surface area contributed by atoms with Crippen molar-refractivity contribution in [2.24, 2.45) is 0 Å². The molecule has 0 atom stereocenters. The van der Waals surface area contributed by atoms with Crippen molar-refractivity contribution in [2.45, 2.75) is 25.0 Å². The number of aryl methyl sites for hydroxylation is 2. The Kier molecular flexibility index (Phi) is 7.02. The van der Waals surface area contributed by atoms with E-state index >= 15 is 0 Å². The molecule has 1 aromatic heterocycles. The third-order valence-electron chi connectivity index (χ3n) is 5.80. The third-order valence-corrected chi connectivity index (χ3v) is 8.62. The van der Waals surface area contributed by atoms with Crippen LogP contribution in [0.2, 0.25) is 0 Å². The predicted molar refractivity (Wildman–Crippen MR) is 139 cm³/mol. The minimum Gasteiger partial charge on any atom is -0.494 e. The van der Waals surface area contributed by atoms with Crippen molar-refractivity contribution >= 4 is 50.4 Å². The zero-order valence-electron chi connectivity index (χ0n) is 20.7. The van der Waals surface area contributed by atoms with Gasteiger partial charge in [0.15, 0.2) is 6.73 Å². The predicted octanol–water partition coefficient (Wildman–Crippen LogP) is 4.37. The van der Waals surface area contributed by atoms with Crippen LogP contribution in [0.25, 0.3) is 0 Å². The first-order valence-corrected chi connectivity index (χ1v) is 13.3. The molecule has 0 bridgehead atoms. The van der Waals surface area contributed by atoms with Crippen LogP contribution in [-0.4, -0.2) is 41.2 Å². The number of carbonyl (C=O) groups is 2. The Balaban J connectivity index is 1.63. The zero-order valence-corrected chi connectivity index (χ0v) is 22.3. The maximum absolute atomic E-state index is 14.4. The van der Waals surface area contributed by atoms with E-state index in [0.717, 1.165) is 22.3 Å². The van der Waals surface area contributed by atoms with E-state index in [9.17, 15) is 22.4 Å². The summed E-state index contributed by atoms with van der Waals surface area (Å²) in [6.45, 7) is 4.95. The molecule has 196 valence electrons. The quantitative estimate of drug-likeness (QED) is 0.418. The van der Waals surface area contributed by atoms with E-state index in [1.54, 1.807) is 40.0 Å². The number of urea groups is 1.